The average molecular weight is 363 g/mol. The first-order valence-electron chi connectivity index (χ1n) is 7.37. The van der Waals surface area contributed by atoms with Crippen molar-refractivity contribution in [1.82, 2.24) is 15.2 Å². The van der Waals surface area contributed by atoms with Gasteiger partial charge in [-0.3, -0.25) is 9.89 Å². The standard InChI is InChI=1S/C17H12F3N3O3/c18-17(19,20)12-3-1-2-10(4-12)5-13-6-11(8-26-13)14(24)7-15(25)16-21-9-22-23-16/h1-4,6-9,25H,5H2,(H,21,22,23). The number of furan rings is 1. The molecule has 0 unspecified atom stereocenters. The second-order valence-corrected chi connectivity index (χ2v) is 5.39. The highest BCUT2D eigenvalue weighted by Crippen LogP contribution is 2.30. The molecule has 0 saturated heterocycles. The summed E-state index contributed by atoms with van der Waals surface area (Å²) in [5.41, 5.74) is -0.210. The molecule has 0 aliphatic rings. The number of hydrogen-bond acceptors (Lipinski definition) is 5. The fourth-order valence-electron chi connectivity index (χ4n) is 2.27. The summed E-state index contributed by atoms with van der Waals surface area (Å²) in [6.07, 6.45) is -0.985. The van der Waals surface area contributed by atoms with Crippen LogP contribution >= 0.6 is 0 Å². The molecule has 3 aromatic rings. The predicted octanol–water partition coefficient (Wildman–Crippen LogP) is 3.79. The number of alkyl halides is 3. The first kappa shape index (κ1) is 17.5. The number of nitrogens with zero attached hydrogens (tertiary/aromatic N) is 2. The number of allylic oxidation sites excluding steroid dienone is 1. The minimum absolute atomic E-state index is 0.0361. The SMILES string of the molecule is O=C(C=C(O)c1nc[nH]n1)c1coc(Cc2cccc(C(F)(F)F)c2)c1. The highest BCUT2D eigenvalue weighted by atomic mass is 19.4. The Labute approximate surface area is 145 Å². The zero-order chi connectivity index (χ0) is 18.7. The Morgan fingerprint density at radius 3 is 2.81 bits per heavy atom. The number of halogens is 3. The van der Waals surface area contributed by atoms with Crippen LogP contribution in [0.3, 0.4) is 0 Å². The van der Waals surface area contributed by atoms with Crippen molar-refractivity contribution in [3.63, 3.8) is 0 Å². The molecule has 2 heterocycles. The van der Waals surface area contributed by atoms with Crippen LogP contribution in [0.15, 0.2) is 53.4 Å². The number of hydrogen-bond donors (Lipinski definition) is 2. The van der Waals surface area contributed by atoms with E-state index in [0.29, 0.717) is 11.3 Å². The molecular weight excluding hydrogens is 351 g/mol. The van der Waals surface area contributed by atoms with Crippen LogP contribution in [0.4, 0.5) is 13.2 Å². The number of benzene rings is 1. The van der Waals surface area contributed by atoms with Crippen molar-refractivity contribution in [3.05, 3.63) is 77.3 Å². The lowest BCUT2D eigenvalue weighted by atomic mass is 10.1. The lowest BCUT2D eigenvalue weighted by Crippen LogP contribution is -2.05. The Morgan fingerprint density at radius 1 is 1.31 bits per heavy atom. The second-order valence-electron chi connectivity index (χ2n) is 5.39. The van der Waals surface area contributed by atoms with Crippen LogP contribution in [-0.2, 0) is 12.6 Å². The van der Waals surface area contributed by atoms with Gasteiger partial charge in [0.05, 0.1) is 11.1 Å². The molecule has 0 radical (unpaired) electrons. The summed E-state index contributed by atoms with van der Waals surface area (Å²) in [6.45, 7) is 0. The quantitative estimate of drug-likeness (QED) is 0.409. The van der Waals surface area contributed by atoms with Crippen LogP contribution in [0.1, 0.15) is 33.1 Å². The van der Waals surface area contributed by atoms with E-state index in [1.54, 1.807) is 0 Å². The average Bonchev–Trinajstić information content (AvgIpc) is 3.26. The van der Waals surface area contributed by atoms with E-state index in [1.165, 1.54) is 30.8 Å². The molecule has 0 aliphatic carbocycles. The third-order valence-electron chi connectivity index (χ3n) is 3.48. The maximum absolute atomic E-state index is 12.7. The number of rotatable bonds is 5. The van der Waals surface area contributed by atoms with Gasteiger partial charge in [0.25, 0.3) is 0 Å². The molecule has 0 bridgehead atoms. The van der Waals surface area contributed by atoms with Gasteiger partial charge in [0.1, 0.15) is 18.4 Å². The molecule has 0 saturated carbocycles. The summed E-state index contributed by atoms with van der Waals surface area (Å²) in [6, 6.07) is 6.26. The van der Waals surface area contributed by atoms with E-state index in [-0.39, 0.29) is 17.8 Å². The number of carbonyl (C=O) groups is 1. The minimum Gasteiger partial charge on any atom is -0.504 e. The van der Waals surface area contributed by atoms with E-state index in [4.69, 9.17) is 4.42 Å². The van der Waals surface area contributed by atoms with Crippen LogP contribution in [0, 0.1) is 0 Å². The van der Waals surface area contributed by atoms with Gasteiger partial charge in [0, 0.05) is 12.5 Å². The maximum atomic E-state index is 12.7. The van der Waals surface area contributed by atoms with Crippen LogP contribution in [0.25, 0.3) is 5.76 Å². The predicted molar refractivity (Wildman–Crippen MR) is 84.3 cm³/mol. The van der Waals surface area contributed by atoms with Crippen molar-refractivity contribution in [3.8, 4) is 0 Å². The van der Waals surface area contributed by atoms with Gasteiger partial charge in [-0.25, -0.2) is 4.98 Å². The Hall–Kier alpha value is -3.36. The highest BCUT2D eigenvalue weighted by Gasteiger charge is 2.30. The van der Waals surface area contributed by atoms with Crippen LogP contribution in [0.2, 0.25) is 0 Å². The molecule has 3 rings (SSSR count). The summed E-state index contributed by atoms with van der Waals surface area (Å²) in [7, 11) is 0. The number of nitrogens with one attached hydrogen (secondary N) is 1. The summed E-state index contributed by atoms with van der Waals surface area (Å²) in [5.74, 6) is -0.687. The largest absolute Gasteiger partial charge is 0.504 e. The molecule has 0 atom stereocenters. The summed E-state index contributed by atoms with van der Waals surface area (Å²) < 4.78 is 43.5. The fraction of sp³-hybridized carbons (Fsp3) is 0.118. The molecule has 0 aliphatic heterocycles. The zero-order valence-electron chi connectivity index (χ0n) is 13.1. The molecule has 0 spiro atoms. The number of aromatic amines is 1. The molecule has 0 fully saturated rings. The minimum atomic E-state index is -4.43. The van der Waals surface area contributed by atoms with Crippen molar-refractivity contribution in [2.75, 3.05) is 0 Å². The Morgan fingerprint density at radius 2 is 2.12 bits per heavy atom. The molecule has 0 amide bonds. The van der Waals surface area contributed by atoms with Gasteiger partial charge in [0.2, 0.25) is 5.82 Å². The van der Waals surface area contributed by atoms with E-state index in [9.17, 15) is 23.1 Å². The molecule has 9 heteroatoms. The smallest absolute Gasteiger partial charge is 0.416 e. The van der Waals surface area contributed by atoms with E-state index in [0.717, 1.165) is 18.2 Å². The second kappa shape index (κ2) is 6.87. The van der Waals surface area contributed by atoms with Crippen molar-refractivity contribution in [1.29, 1.82) is 0 Å². The monoisotopic (exact) mass is 363 g/mol. The van der Waals surface area contributed by atoms with E-state index in [2.05, 4.69) is 15.2 Å². The first-order valence-corrected chi connectivity index (χ1v) is 7.37. The maximum Gasteiger partial charge on any atom is 0.416 e. The summed E-state index contributed by atoms with van der Waals surface area (Å²) >= 11 is 0. The van der Waals surface area contributed by atoms with Gasteiger partial charge in [-0.2, -0.15) is 18.3 Å². The van der Waals surface area contributed by atoms with Crippen LogP contribution in [0.5, 0.6) is 0 Å². The summed E-state index contributed by atoms with van der Waals surface area (Å²) in [4.78, 5) is 15.8. The topological polar surface area (TPSA) is 92.0 Å². The van der Waals surface area contributed by atoms with Crippen LogP contribution < -0.4 is 0 Å². The molecule has 2 N–H and O–H groups in total. The van der Waals surface area contributed by atoms with Gasteiger partial charge in [-0.1, -0.05) is 18.2 Å². The summed E-state index contributed by atoms with van der Waals surface area (Å²) in [5, 5.41) is 15.8. The molecule has 2 aromatic heterocycles. The Bertz CT molecular complexity index is 944. The highest BCUT2D eigenvalue weighted by molar-refractivity contribution is 6.07. The van der Waals surface area contributed by atoms with Crippen molar-refractivity contribution in [2.24, 2.45) is 0 Å². The Kier molecular flexibility index (Phi) is 4.61. The third kappa shape index (κ3) is 4.00. The Balaban J connectivity index is 1.74. The molecule has 1 aromatic carbocycles. The number of H-pyrrole nitrogens is 1. The number of carbonyl (C=O) groups excluding carboxylic acids is 1. The number of aromatic nitrogens is 3. The number of ketones is 1. The number of aliphatic hydroxyl groups excluding tert-OH is 1. The van der Waals surface area contributed by atoms with Crippen molar-refractivity contribution in [2.45, 2.75) is 12.6 Å². The van der Waals surface area contributed by atoms with Gasteiger partial charge < -0.3 is 9.52 Å². The fourth-order valence-corrected chi connectivity index (χ4v) is 2.27. The van der Waals surface area contributed by atoms with E-state index < -0.39 is 23.3 Å². The first-order chi connectivity index (χ1) is 12.3. The van der Waals surface area contributed by atoms with Crippen molar-refractivity contribution < 1.29 is 27.5 Å². The molecule has 6 nitrogen and oxygen atoms in total. The van der Waals surface area contributed by atoms with Gasteiger partial charge in [-0.15, -0.1) is 0 Å². The molecule has 26 heavy (non-hydrogen) atoms. The lowest BCUT2D eigenvalue weighted by Gasteiger charge is -2.07. The van der Waals surface area contributed by atoms with Gasteiger partial charge in [-0.05, 0) is 17.7 Å². The molecule has 134 valence electrons. The van der Waals surface area contributed by atoms with Gasteiger partial charge >= 0.3 is 6.18 Å². The lowest BCUT2D eigenvalue weighted by molar-refractivity contribution is -0.137. The van der Waals surface area contributed by atoms with Crippen LogP contribution in [-0.4, -0.2) is 26.1 Å². The number of aliphatic hydroxyl groups is 1. The van der Waals surface area contributed by atoms with Crippen molar-refractivity contribution >= 4 is 11.5 Å². The van der Waals surface area contributed by atoms with E-state index in [1.807, 2.05) is 0 Å². The third-order valence-corrected chi connectivity index (χ3v) is 3.48. The molecular formula is C17H12F3N3O3. The van der Waals surface area contributed by atoms with E-state index >= 15 is 0 Å². The normalized spacial score (nSPS) is 12.3. The van der Waals surface area contributed by atoms with Gasteiger partial charge in [0.15, 0.2) is 11.5 Å². The zero-order valence-corrected chi connectivity index (χ0v) is 13.1.